The molecule has 0 aromatic carbocycles. The molecular weight excluding hydrogens is 232 g/mol. The van der Waals surface area contributed by atoms with E-state index in [1.54, 1.807) is 0 Å². The van der Waals surface area contributed by atoms with Gasteiger partial charge in [0.15, 0.2) is 5.79 Å². The quantitative estimate of drug-likeness (QED) is 0.822. The van der Waals surface area contributed by atoms with Crippen molar-refractivity contribution in [2.24, 2.45) is 17.3 Å². The first-order valence-corrected chi connectivity index (χ1v) is 6.77. The molecule has 2 bridgehead atoms. The minimum absolute atomic E-state index is 0.0552. The summed E-state index contributed by atoms with van der Waals surface area (Å²) >= 11 is 0. The average Bonchev–Trinajstić information content (AvgIpc) is 2.44. The van der Waals surface area contributed by atoms with E-state index in [0.29, 0.717) is 11.8 Å². The summed E-state index contributed by atoms with van der Waals surface area (Å²) in [6.45, 7) is 8.25. The summed E-state index contributed by atoms with van der Waals surface area (Å²) in [7, 11) is 0. The van der Waals surface area contributed by atoms with E-state index < -0.39 is 17.4 Å². The van der Waals surface area contributed by atoms with Crippen LogP contribution in [0.1, 0.15) is 47.0 Å². The third-order valence-corrected chi connectivity index (χ3v) is 5.39. The molecule has 4 fully saturated rings. The van der Waals surface area contributed by atoms with Crippen LogP contribution >= 0.6 is 0 Å². The highest BCUT2D eigenvalue weighted by Gasteiger charge is 2.71. The lowest BCUT2D eigenvalue weighted by Crippen LogP contribution is -2.67. The Labute approximate surface area is 108 Å². The van der Waals surface area contributed by atoms with Gasteiger partial charge in [-0.3, -0.25) is 4.79 Å². The van der Waals surface area contributed by atoms with Gasteiger partial charge in [-0.2, -0.15) is 0 Å². The number of carboxylic acid groups (broad SMARTS) is 1. The van der Waals surface area contributed by atoms with Gasteiger partial charge in [0.1, 0.15) is 5.60 Å². The van der Waals surface area contributed by atoms with Crippen LogP contribution in [-0.2, 0) is 14.3 Å². The van der Waals surface area contributed by atoms with Crippen molar-refractivity contribution >= 4 is 5.97 Å². The van der Waals surface area contributed by atoms with Gasteiger partial charge in [-0.25, -0.2) is 0 Å². The zero-order chi connectivity index (χ0) is 13.3. The van der Waals surface area contributed by atoms with Crippen LogP contribution in [0, 0.1) is 17.3 Å². The van der Waals surface area contributed by atoms with Gasteiger partial charge in [0.25, 0.3) is 0 Å². The first-order valence-electron chi connectivity index (χ1n) is 6.77. The van der Waals surface area contributed by atoms with Gasteiger partial charge in [-0.15, -0.1) is 0 Å². The van der Waals surface area contributed by atoms with Crippen molar-refractivity contribution in [1.29, 1.82) is 0 Å². The molecule has 0 radical (unpaired) electrons. The number of hydrogen-bond donors (Lipinski definition) is 1. The fourth-order valence-corrected chi connectivity index (χ4v) is 4.55. The fraction of sp³-hybridized carbons (Fsp3) is 0.929. The molecule has 4 rings (SSSR count). The molecule has 4 aliphatic rings. The third-order valence-electron chi connectivity index (χ3n) is 5.39. The lowest BCUT2D eigenvalue weighted by atomic mass is 9.43. The Morgan fingerprint density at radius 2 is 1.94 bits per heavy atom. The van der Waals surface area contributed by atoms with E-state index in [2.05, 4.69) is 13.8 Å². The molecule has 0 amide bonds. The molecule has 1 heterocycles. The van der Waals surface area contributed by atoms with Crippen molar-refractivity contribution in [3.63, 3.8) is 0 Å². The maximum Gasteiger partial charge on any atom is 0.306 e. The van der Waals surface area contributed by atoms with Gasteiger partial charge in [-0.05, 0) is 43.9 Å². The predicted octanol–water partition coefficient (Wildman–Crippen LogP) is 2.42. The Morgan fingerprint density at radius 1 is 1.28 bits per heavy atom. The van der Waals surface area contributed by atoms with E-state index in [0.717, 1.165) is 12.8 Å². The van der Waals surface area contributed by atoms with Crippen molar-refractivity contribution in [3.8, 4) is 0 Å². The van der Waals surface area contributed by atoms with Crippen molar-refractivity contribution in [2.75, 3.05) is 0 Å². The number of hydrogen-bond acceptors (Lipinski definition) is 3. The molecule has 0 spiro atoms. The van der Waals surface area contributed by atoms with Crippen LogP contribution in [0.25, 0.3) is 0 Å². The molecule has 0 aromatic rings. The van der Waals surface area contributed by atoms with Crippen LogP contribution < -0.4 is 0 Å². The first kappa shape index (κ1) is 12.4. The summed E-state index contributed by atoms with van der Waals surface area (Å²) in [5.74, 6) is -0.505. The summed E-state index contributed by atoms with van der Waals surface area (Å²) in [5.41, 5.74) is -0.441. The van der Waals surface area contributed by atoms with E-state index in [1.807, 2.05) is 13.8 Å². The van der Waals surface area contributed by atoms with Crippen LogP contribution in [0.5, 0.6) is 0 Å². The largest absolute Gasteiger partial charge is 0.481 e. The van der Waals surface area contributed by atoms with Crippen LogP contribution in [0.3, 0.4) is 0 Å². The van der Waals surface area contributed by atoms with E-state index in [4.69, 9.17) is 9.47 Å². The van der Waals surface area contributed by atoms with Crippen LogP contribution in [0.2, 0.25) is 0 Å². The molecule has 4 atom stereocenters. The van der Waals surface area contributed by atoms with E-state index >= 15 is 0 Å². The maximum absolute atomic E-state index is 11.3. The summed E-state index contributed by atoms with van der Waals surface area (Å²) < 4.78 is 12.1. The Morgan fingerprint density at radius 3 is 2.50 bits per heavy atom. The molecule has 102 valence electrons. The van der Waals surface area contributed by atoms with Crippen LogP contribution in [-0.4, -0.2) is 28.6 Å². The van der Waals surface area contributed by atoms with Crippen molar-refractivity contribution in [2.45, 2.75) is 64.4 Å². The maximum atomic E-state index is 11.3. The summed E-state index contributed by atoms with van der Waals surface area (Å²) in [6, 6.07) is 0. The highest BCUT2D eigenvalue weighted by atomic mass is 16.8. The zero-order valence-corrected chi connectivity index (χ0v) is 11.5. The molecule has 0 unspecified atom stereocenters. The van der Waals surface area contributed by atoms with Crippen molar-refractivity contribution in [1.82, 2.24) is 0 Å². The number of carboxylic acids is 1. The van der Waals surface area contributed by atoms with Gasteiger partial charge in [0.2, 0.25) is 0 Å². The van der Waals surface area contributed by atoms with E-state index in [1.165, 1.54) is 0 Å². The average molecular weight is 254 g/mol. The van der Waals surface area contributed by atoms with Crippen LogP contribution in [0.15, 0.2) is 0 Å². The molecule has 3 saturated carbocycles. The third kappa shape index (κ3) is 1.42. The Bertz CT molecular complexity index is 401. The second kappa shape index (κ2) is 3.28. The topological polar surface area (TPSA) is 55.8 Å². The van der Waals surface area contributed by atoms with Crippen LogP contribution in [0.4, 0.5) is 0 Å². The molecule has 1 saturated heterocycles. The monoisotopic (exact) mass is 254 g/mol. The normalized spacial score (nSPS) is 47.2. The second-order valence-corrected chi connectivity index (χ2v) is 7.18. The minimum atomic E-state index is -0.789. The number of aliphatic carboxylic acids is 1. The lowest BCUT2D eigenvalue weighted by molar-refractivity contribution is -0.233. The minimum Gasteiger partial charge on any atom is -0.481 e. The van der Waals surface area contributed by atoms with Gasteiger partial charge < -0.3 is 14.6 Å². The predicted molar refractivity (Wildman–Crippen MR) is 65.0 cm³/mol. The highest BCUT2D eigenvalue weighted by molar-refractivity contribution is 5.68. The molecule has 4 heteroatoms. The molecule has 0 aromatic heterocycles. The molecule has 1 aliphatic heterocycles. The molecular formula is C14H22O4. The molecule has 1 N–H and O–H groups in total. The second-order valence-electron chi connectivity index (χ2n) is 7.18. The first-order chi connectivity index (χ1) is 8.17. The Kier molecular flexibility index (Phi) is 2.27. The van der Waals surface area contributed by atoms with Crippen molar-refractivity contribution < 1.29 is 19.4 Å². The van der Waals surface area contributed by atoms with Gasteiger partial charge in [0.05, 0.1) is 12.5 Å². The van der Waals surface area contributed by atoms with E-state index in [-0.39, 0.29) is 17.9 Å². The Balaban J connectivity index is 1.99. The summed E-state index contributed by atoms with van der Waals surface area (Å²) in [6.07, 6.45) is 2.01. The fourth-order valence-electron chi connectivity index (χ4n) is 4.55. The van der Waals surface area contributed by atoms with Gasteiger partial charge in [0, 0.05) is 0 Å². The highest BCUT2D eigenvalue weighted by Crippen LogP contribution is 2.67. The number of ether oxygens (including phenoxy) is 2. The number of rotatable bonds is 2. The summed E-state index contributed by atoms with van der Waals surface area (Å²) in [5, 5.41) is 9.25. The molecule has 4 nitrogen and oxygen atoms in total. The standard InChI is InChI=1S/C14H22O4/c1-12(2)8-5-9(12)14(7-11(15)16)10(6-8)17-13(3,4)18-14/h8-10H,5-7H2,1-4H3,(H,15,16)/t8-,9-,10+,14-/m1/s1. The number of carbonyl (C=O) groups is 1. The lowest BCUT2D eigenvalue weighted by Gasteiger charge is -2.64. The zero-order valence-electron chi connectivity index (χ0n) is 11.5. The van der Waals surface area contributed by atoms with Gasteiger partial charge in [-0.1, -0.05) is 13.8 Å². The summed E-state index contributed by atoms with van der Waals surface area (Å²) in [4.78, 5) is 11.3. The van der Waals surface area contributed by atoms with E-state index in [9.17, 15) is 9.90 Å². The van der Waals surface area contributed by atoms with Crippen molar-refractivity contribution in [3.05, 3.63) is 0 Å². The molecule has 3 aliphatic carbocycles. The molecule has 18 heavy (non-hydrogen) atoms. The Hall–Kier alpha value is -0.610. The SMILES string of the molecule is CC1(C)O[C@H]2C[C@H]3C[C@H](C3(C)C)[C@@]2(CC(=O)O)O1. The van der Waals surface area contributed by atoms with Gasteiger partial charge >= 0.3 is 5.97 Å². The smallest absolute Gasteiger partial charge is 0.306 e.